The van der Waals surface area contributed by atoms with Crippen LogP contribution in [0.4, 0.5) is 5.69 Å². The fraction of sp³-hybridized carbons (Fsp3) is 0.562. The van der Waals surface area contributed by atoms with Gasteiger partial charge in [0, 0.05) is 24.7 Å². The Labute approximate surface area is 114 Å². The quantitative estimate of drug-likeness (QED) is 0.840. The van der Waals surface area contributed by atoms with Crippen molar-refractivity contribution in [3.8, 4) is 6.07 Å². The second-order valence-corrected chi connectivity index (χ2v) is 5.90. The molecule has 2 fully saturated rings. The molecule has 3 heteroatoms. The van der Waals surface area contributed by atoms with Crippen molar-refractivity contribution in [2.24, 2.45) is 5.92 Å². The van der Waals surface area contributed by atoms with Crippen LogP contribution in [0.2, 0.25) is 0 Å². The lowest BCUT2D eigenvalue weighted by Gasteiger charge is -2.48. The molecule has 100 valence electrons. The van der Waals surface area contributed by atoms with E-state index in [9.17, 15) is 5.11 Å². The van der Waals surface area contributed by atoms with Crippen LogP contribution >= 0.6 is 0 Å². The van der Waals surface area contributed by atoms with Gasteiger partial charge in [0.05, 0.1) is 17.2 Å². The fourth-order valence-electron chi connectivity index (χ4n) is 3.55. The van der Waals surface area contributed by atoms with Crippen molar-refractivity contribution in [2.45, 2.75) is 37.7 Å². The second kappa shape index (κ2) is 4.86. The summed E-state index contributed by atoms with van der Waals surface area (Å²) in [5, 5.41) is 19.5. The summed E-state index contributed by atoms with van der Waals surface area (Å²) in [5.41, 5.74) is 1.46. The van der Waals surface area contributed by atoms with Gasteiger partial charge in [0.25, 0.3) is 0 Å². The van der Waals surface area contributed by atoms with E-state index in [1.165, 1.54) is 18.5 Å². The van der Waals surface area contributed by atoms with Crippen molar-refractivity contribution in [3.63, 3.8) is 0 Å². The molecule has 0 spiro atoms. The Morgan fingerprint density at radius 1 is 1.21 bits per heavy atom. The largest absolute Gasteiger partial charge is 0.389 e. The summed E-state index contributed by atoms with van der Waals surface area (Å²) in [5.74, 6) is 0.408. The number of rotatable bonds is 1. The number of hydrogen-bond donors (Lipinski definition) is 1. The van der Waals surface area contributed by atoms with Gasteiger partial charge in [-0.05, 0) is 43.5 Å². The summed E-state index contributed by atoms with van der Waals surface area (Å²) in [4.78, 5) is 2.35. The van der Waals surface area contributed by atoms with E-state index in [0.29, 0.717) is 11.5 Å². The molecule has 2 aliphatic rings. The molecule has 0 amide bonds. The summed E-state index contributed by atoms with van der Waals surface area (Å²) in [6.07, 6.45) is 5.40. The molecule has 3 rings (SSSR count). The van der Waals surface area contributed by atoms with E-state index in [0.717, 1.165) is 32.4 Å². The predicted molar refractivity (Wildman–Crippen MR) is 74.9 cm³/mol. The first-order chi connectivity index (χ1) is 9.21. The molecule has 19 heavy (non-hydrogen) atoms. The monoisotopic (exact) mass is 256 g/mol. The predicted octanol–water partition coefficient (Wildman–Crippen LogP) is 2.69. The van der Waals surface area contributed by atoms with Crippen LogP contribution in [0, 0.1) is 17.2 Å². The first-order valence-corrected chi connectivity index (χ1v) is 7.19. The average molecular weight is 256 g/mol. The van der Waals surface area contributed by atoms with Crippen LogP contribution in [0.3, 0.4) is 0 Å². The first-order valence-electron chi connectivity index (χ1n) is 7.19. The highest BCUT2D eigenvalue weighted by molar-refractivity contribution is 5.50. The molecule has 1 aliphatic carbocycles. The Balaban J connectivity index is 1.75. The van der Waals surface area contributed by atoms with E-state index in [-0.39, 0.29) is 0 Å². The third-order valence-corrected chi connectivity index (χ3v) is 4.79. The van der Waals surface area contributed by atoms with Crippen LogP contribution in [-0.4, -0.2) is 23.8 Å². The van der Waals surface area contributed by atoms with Crippen molar-refractivity contribution in [2.75, 3.05) is 18.0 Å². The maximum Gasteiger partial charge on any atom is 0.0991 e. The molecule has 0 bridgehead atoms. The number of anilines is 1. The highest BCUT2D eigenvalue weighted by Crippen LogP contribution is 2.40. The minimum Gasteiger partial charge on any atom is -0.389 e. The first kappa shape index (κ1) is 12.5. The Hall–Kier alpha value is -1.53. The fourth-order valence-corrected chi connectivity index (χ4v) is 3.55. The highest BCUT2D eigenvalue weighted by atomic mass is 16.3. The Morgan fingerprint density at radius 2 is 2.00 bits per heavy atom. The van der Waals surface area contributed by atoms with Gasteiger partial charge in [-0.2, -0.15) is 5.26 Å². The van der Waals surface area contributed by atoms with Crippen molar-refractivity contribution in [3.05, 3.63) is 29.8 Å². The van der Waals surface area contributed by atoms with Crippen molar-refractivity contribution < 1.29 is 5.11 Å². The Kier molecular flexibility index (Phi) is 3.20. The number of benzene rings is 1. The molecule has 2 atom stereocenters. The molecule has 1 saturated carbocycles. The lowest BCUT2D eigenvalue weighted by atomic mass is 9.71. The number of fused-ring (bicyclic) bond motifs is 1. The number of piperidine rings is 1. The summed E-state index contributed by atoms with van der Waals surface area (Å²) < 4.78 is 0. The molecule has 0 radical (unpaired) electrons. The van der Waals surface area contributed by atoms with Gasteiger partial charge in [0.1, 0.15) is 0 Å². The maximum absolute atomic E-state index is 10.7. The van der Waals surface area contributed by atoms with Crippen LogP contribution in [-0.2, 0) is 0 Å². The lowest BCUT2D eigenvalue weighted by Crippen LogP contribution is -2.53. The molecule has 1 aliphatic heterocycles. The minimum absolute atomic E-state index is 0.408. The molecular formula is C16H20N2O. The molecule has 3 nitrogen and oxygen atoms in total. The molecule has 0 aromatic heterocycles. The Bertz CT molecular complexity index is 490. The third kappa shape index (κ3) is 2.33. The highest BCUT2D eigenvalue weighted by Gasteiger charge is 2.42. The molecule has 1 saturated heterocycles. The number of aliphatic hydroxyl groups is 1. The van der Waals surface area contributed by atoms with Gasteiger partial charge in [0.15, 0.2) is 0 Å². The maximum atomic E-state index is 10.7. The number of nitriles is 1. The van der Waals surface area contributed by atoms with Gasteiger partial charge in [-0.1, -0.05) is 12.8 Å². The average Bonchev–Trinajstić information content (AvgIpc) is 2.46. The number of hydrogen-bond acceptors (Lipinski definition) is 3. The van der Waals surface area contributed by atoms with Gasteiger partial charge in [-0.25, -0.2) is 0 Å². The molecule has 1 aromatic carbocycles. The zero-order valence-electron chi connectivity index (χ0n) is 11.2. The van der Waals surface area contributed by atoms with Gasteiger partial charge in [0.2, 0.25) is 0 Å². The van der Waals surface area contributed by atoms with E-state index in [2.05, 4.69) is 11.0 Å². The second-order valence-electron chi connectivity index (χ2n) is 5.90. The topological polar surface area (TPSA) is 47.3 Å². The SMILES string of the molecule is N#Cc1ccc(N2CCC3(O)CCCCC3C2)cc1. The molecular weight excluding hydrogens is 236 g/mol. The molecule has 1 N–H and O–H groups in total. The van der Waals surface area contributed by atoms with Gasteiger partial charge < -0.3 is 10.0 Å². The lowest BCUT2D eigenvalue weighted by molar-refractivity contribution is -0.0612. The van der Waals surface area contributed by atoms with Gasteiger partial charge in [-0.3, -0.25) is 0 Å². The van der Waals surface area contributed by atoms with E-state index in [1.807, 2.05) is 24.3 Å². The van der Waals surface area contributed by atoms with E-state index in [1.54, 1.807) is 0 Å². The normalized spacial score (nSPS) is 30.5. The summed E-state index contributed by atoms with van der Waals surface area (Å²) in [7, 11) is 0. The smallest absolute Gasteiger partial charge is 0.0991 e. The molecule has 1 heterocycles. The van der Waals surface area contributed by atoms with Crippen molar-refractivity contribution in [1.82, 2.24) is 0 Å². The van der Waals surface area contributed by atoms with Crippen molar-refractivity contribution in [1.29, 1.82) is 5.26 Å². The van der Waals surface area contributed by atoms with E-state index in [4.69, 9.17) is 5.26 Å². The number of nitrogens with zero attached hydrogens (tertiary/aromatic N) is 2. The minimum atomic E-state index is -0.415. The standard InChI is InChI=1S/C16H20N2O/c17-11-13-4-6-15(7-5-13)18-10-9-16(19)8-2-1-3-14(16)12-18/h4-7,14,19H,1-3,8-10,12H2. The van der Waals surface area contributed by atoms with Crippen molar-refractivity contribution >= 4 is 5.69 Å². The summed E-state index contributed by atoms with van der Waals surface area (Å²) in [6.45, 7) is 1.86. The van der Waals surface area contributed by atoms with Gasteiger partial charge in [-0.15, -0.1) is 0 Å². The van der Waals surface area contributed by atoms with Gasteiger partial charge >= 0.3 is 0 Å². The Morgan fingerprint density at radius 3 is 2.74 bits per heavy atom. The van der Waals surface area contributed by atoms with Crippen LogP contribution in [0.15, 0.2) is 24.3 Å². The van der Waals surface area contributed by atoms with Crippen LogP contribution in [0.25, 0.3) is 0 Å². The third-order valence-electron chi connectivity index (χ3n) is 4.79. The zero-order valence-corrected chi connectivity index (χ0v) is 11.2. The summed E-state index contributed by atoms with van der Waals surface area (Å²) in [6, 6.07) is 9.93. The van der Waals surface area contributed by atoms with Crippen LogP contribution in [0.1, 0.15) is 37.7 Å². The molecule has 1 aromatic rings. The summed E-state index contributed by atoms with van der Waals surface area (Å²) >= 11 is 0. The van der Waals surface area contributed by atoms with E-state index >= 15 is 0 Å². The molecule has 2 unspecified atom stereocenters. The zero-order chi connectivity index (χ0) is 13.3. The van der Waals surface area contributed by atoms with Crippen LogP contribution < -0.4 is 4.90 Å². The van der Waals surface area contributed by atoms with Crippen LogP contribution in [0.5, 0.6) is 0 Å². The van der Waals surface area contributed by atoms with E-state index < -0.39 is 5.60 Å².